The van der Waals surface area contributed by atoms with Gasteiger partial charge in [-0.15, -0.1) is 0 Å². The van der Waals surface area contributed by atoms with E-state index in [-0.39, 0.29) is 11.3 Å². The number of rotatable bonds is 2. The first kappa shape index (κ1) is 15.5. The highest BCUT2D eigenvalue weighted by Crippen LogP contribution is 2.48. The first-order valence-electron chi connectivity index (χ1n) is 5.59. The van der Waals surface area contributed by atoms with E-state index in [9.17, 15) is 31.9 Å². The maximum atomic E-state index is 13.4. The first-order valence-corrected chi connectivity index (χ1v) is 5.59. The Bertz CT molecular complexity index is 584. The molecule has 1 aliphatic heterocycles. The normalized spacial score (nSPS) is 22.5. The second-order valence-electron chi connectivity index (χ2n) is 4.42. The highest BCUT2D eigenvalue weighted by atomic mass is 19.4. The Morgan fingerprint density at radius 1 is 1.29 bits per heavy atom. The number of carbonyl (C=O) groups excluding carboxylic acids is 1. The fourth-order valence-corrected chi connectivity index (χ4v) is 1.87. The van der Waals surface area contributed by atoms with Gasteiger partial charge in [-0.3, -0.25) is 4.79 Å². The van der Waals surface area contributed by atoms with Gasteiger partial charge in [-0.2, -0.15) is 22.0 Å². The second-order valence-corrected chi connectivity index (χ2v) is 4.42. The molecule has 1 aromatic rings. The van der Waals surface area contributed by atoms with Crippen LogP contribution < -0.4 is 9.47 Å². The summed E-state index contributed by atoms with van der Waals surface area (Å²) in [6.45, 7) is 0. The number of hydrogen-bond donors (Lipinski definition) is 1. The summed E-state index contributed by atoms with van der Waals surface area (Å²) in [7, 11) is 1.23. The zero-order valence-electron chi connectivity index (χ0n) is 10.5. The van der Waals surface area contributed by atoms with E-state index >= 15 is 0 Å². The summed E-state index contributed by atoms with van der Waals surface area (Å²) in [5, 5.41) is 9.56. The number of hydrogen-bond acceptors (Lipinski definition) is 4. The topological polar surface area (TPSA) is 55.8 Å². The molecule has 1 atom stereocenters. The largest absolute Gasteiger partial charge is 0.497 e. The predicted octanol–water partition coefficient (Wildman–Crippen LogP) is 2.55. The molecule has 1 aliphatic rings. The van der Waals surface area contributed by atoms with Crippen LogP contribution >= 0.6 is 0 Å². The number of alkyl halides is 5. The fourth-order valence-electron chi connectivity index (χ4n) is 1.87. The van der Waals surface area contributed by atoms with Crippen molar-refractivity contribution < 1.29 is 41.3 Å². The lowest BCUT2D eigenvalue weighted by Crippen LogP contribution is -2.62. The maximum Gasteiger partial charge on any atom is 0.460 e. The fraction of sp³-hybridized carbons (Fsp3) is 0.417. The lowest BCUT2D eigenvalue weighted by atomic mass is 9.93. The average molecular weight is 312 g/mol. The molecule has 0 radical (unpaired) electrons. The maximum absolute atomic E-state index is 13.4. The van der Waals surface area contributed by atoms with Gasteiger partial charge in [-0.05, 0) is 12.1 Å². The molecule has 0 amide bonds. The van der Waals surface area contributed by atoms with Crippen LogP contribution in [-0.4, -0.2) is 35.9 Å². The standard InChI is InChI=1S/C12H9F5O4/c1-20-6-2-3-7-8(18)5-10(19,21-9(7)4-6)11(13,14)12(15,16)17/h2-4,19H,5H2,1H3. The third-order valence-corrected chi connectivity index (χ3v) is 3.01. The van der Waals surface area contributed by atoms with Gasteiger partial charge in [-0.25, -0.2) is 0 Å². The van der Waals surface area contributed by atoms with Crippen molar-refractivity contribution in [3.63, 3.8) is 0 Å². The van der Waals surface area contributed by atoms with Gasteiger partial charge in [-0.1, -0.05) is 0 Å². The SMILES string of the molecule is COc1ccc2c(c1)OC(O)(C(F)(F)C(F)(F)F)CC2=O. The molecule has 1 aromatic carbocycles. The minimum absolute atomic E-state index is 0.0705. The number of Topliss-reactive ketones (excluding diaryl/α,β-unsaturated/α-hetero) is 1. The minimum atomic E-state index is -6.07. The van der Waals surface area contributed by atoms with Gasteiger partial charge in [0.05, 0.1) is 19.1 Å². The highest BCUT2D eigenvalue weighted by molar-refractivity contribution is 6.00. The zero-order valence-corrected chi connectivity index (χ0v) is 10.5. The van der Waals surface area contributed by atoms with Crippen molar-refractivity contribution >= 4 is 5.78 Å². The molecule has 0 aliphatic carbocycles. The van der Waals surface area contributed by atoms with Gasteiger partial charge in [0.25, 0.3) is 5.79 Å². The quantitative estimate of drug-likeness (QED) is 0.853. The third kappa shape index (κ3) is 2.31. The zero-order chi connectivity index (χ0) is 16.1. The minimum Gasteiger partial charge on any atom is -0.497 e. The van der Waals surface area contributed by atoms with Gasteiger partial charge in [0, 0.05) is 6.07 Å². The molecule has 2 rings (SSSR count). The number of halogens is 5. The van der Waals surface area contributed by atoms with Gasteiger partial charge < -0.3 is 14.6 Å². The molecule has 116 valence electrons. The molecule has 9 heteroatoms. The van der Waals surface area contributed by atoms with E-state index < -0.39 is 35.8 Å². The van der Waals surface area contributed by atoms with Crippen molar-refractivity contribution in [2.45, 2.75) is 24.3 Å². The number of fused-ring (bicyclic) bond motifs is 1. The smallest absolute Gasteiger partial charge is 0.460 e. The number of ketones is 1. The second kappa shape index (κ2) is 4.55. The lowest BCUT2D eigenvalue weighted by Gasteiger charge is -2.38. The van der Waals surface area contributed by atoms with Gasteiger partial charge >= 0.3 is 12.1 Å². The molecule has 4 nitrogen and oxygen atoms in total. The molecule has 0 saturated carbocycles. The van der Waals surface area contributed by atoms with Gasteiger partial charge in [0.15, 0.2) is 5.78 Å². The Balaban J connectivity index is 2.49. The Hall–Kier alpha value is -1.90. The van der Waals surface area contributed by atoms with E-state index in [4.69, 9.17) is 4.74 Å². The van der Waals surface area contributed by atoms with E-state index in [0.29, 0.717) is 0 Å². The third-order valence-electron chi connectivity index (χ3n) is 3.01. The summed E-state index contributed by atoms with van der Waals surface area (Å²) in [5.74, 6) is -11.2. The molecular weight excluding hydrogens is 303 g/mol. The van der Waals surface area contributed by atoms with Crippen LogP contribution in [0.15, 0.2) is 18.2 Å². The predicted molar refractivity (Wildman–Crippen MR) is 58.5 cm³/mol. The van der Waals surface area contributed by atoms with Crippen LogP contribution in [0.4, 0.5) is 22.0 Å². The Morgan fingerprint density at radius 2 is 1.90 bits per heavy atom. The van der Waals surface area contributed by atoms with Crippen LogP contribution in [0.3, 0.4) is 0 Å². The number of benzene rings is 1. The highest BCUT2D eigenvalue weighted by Gasteiger charge is 2.73. The molecule has 1 N–H and O–H groups in total. The van der Waals surface area contributed by atoms with Crippen molar-refractivity contribution in [2.24, 2.45) is 0 Å². The Labute approximate surface area is 115 Å². The number of aliphatic hydroxyl groups is 1. The molecule has 21 heavy (non-hydrogen) atoms. The molecule has 1 unspecified atom stereocenters. The molecule has 0 fully saturated rings. The van der Waals surface area contributed by atoms with Crippen molar-refractivity contribution in [1.82, 2.24) is 0 Å². The monoisotopic (exact) mass is 312 g/mol. The lowest BCUT2D eigenvalue weighted by molar-refractivity contribution is -0.384. The molecule has 1 heterocycles. The summed E-state index contributed by atoms with van der Waals surface area (Å²) in [4.78, 5) is 11.7. The van der Waals surface area contributed by atoms with Crippen LogP contribution in [0, 0.1) is 0 Å². The van der Waals surface area contributed by atoms with Crippen LogP contribution in [-0.2, 0) is 0 Å². The van der Waals surface area contributed by atoms with E-state index in [1.165, 1.54) is 13.2 Å². The van der Waals surface area contributed by atoms with Crippen molar-refractivity contribution in [1.29, 1.82) is 0 Å². The van der Waals surface area contributed by atoms with Crippen molar-refractivity contribution in [3.8, 4) is 11.5 Å². The molecular formula is C12H9F5O4. The Kier molecular flexibility index (Phi) is 3.36. The van der Waals surface area contributed by atoms with E-state index in [0.717, 1.165) is 12.1 Å². The average Bonchev–Trinajstić information content (AvgIpc) is 2.36. The molecule has 0 saturated heterocycles. The van der Waals surface area contributed by atoms with Crippen molar-refractivity contribution in [2.75, 3.05) is 7.11 Å². The van der Waals surface area contributed by atoms with Gasteiger partial charge in [0.1, 0.15) is 11.5 Å². The Morgan fingerprint density at radius 3 is 2.43 bits per heavy atom. The summed E-state index contributed by atoms with van der Waals surface area (Å²) in [5.41, 5.74) is -0.210. The van der Waals surface area contributed by atoms with E-state index in [1.807, 2.05) is 0 Å². The number of carbonyl (C=O) groups is 1. The van der Waals surface area contributed by atoms with E-state index in [2.05, 4.69) is 4.74 Å². The van der Waals surface area contributed by atoms with Crippen LogP contribution in [0.1, 0.15) is 16.8 Å². The van der Waals surface area contributed by atoms with Crippen molar-refractivity contribution in [3.05, 3.63) is 23.8 Å². The number of ether oxygens (including phenoxy) is 2. The van der Waals surface area contributed by atoms with Gasteiger partial charge in [0.2, 0.25) is 0 Å². The molecule has 0 aromatic heterocycles. The molecule has 0 bridgehead atoms. The molecule has 0 spiro atoms. The number of methoxy groups -OCH3 is 1. The first-order chi connectivity index (χ1) is 9.52. The summed E-state index contributed by atoms with van der Waals surface area (Å²) >= 11 is 0. The summed E-state index contributed by atoms with van der Waals surface area (Å²) < 4.78 is 73.1. The van der Waals surface area contributed by atoms with Crippen LogP contribution in [0.25, 0.3) is 0 Å². The van der Waals surface area contributed by atoms with E-state index in [1.54, 1.807) is 0 Å². The van der Waals surface area contributed by atoms with Crippen LogP contribution in [0.2, 0.25) is 0 Å². The summed E-state index contributed by atoms with van der Waals surface area (Å²) in [6, 6.07) is 3.41. The summed E-state index contributed by atoms with van der Waals surface area (Å²) in [6.07, 6.45) is -7.59. The van der Waals surface area contributed by atoms with Crippen LogP contribution in [0.5, 0.6) is 11.5 Å².